The Morgan fingerprint density at radius 3 is 2.40 bits per heavy atom. The van der Waals surface area contributed by atoms with E-state index < -0.39 is 18.2 Å². The Balaban J connectivity index is 2.68. The van der Waals surface area contributed by atoms with Gasteiger partial charge < -0.3 is 24.8 Å². The second-order valence-electron chi connectivity index (χ2n) is 3.26. The summed E-state index contributed by atoms with van der Waals surface area (Å²) in [5, 5.41) is 17.5. The fourth-order valence-electron chi connectivity index (χ4n) is 1.59. The van der Waals surface area contributed by atoms with Crippen LogP contribution in [0.25, 0.3) is 0 Å². The molecule has 1 aliphatic rings. The Bertz CT molecular complexity index is 280. The van der Waals surface area contributed by atoms with Gasteiger partial charge in [0.05, 0.1) is 6.04 Å². The SMILES string of the molecule is O=CC[C@H]1CN(C(=O)O)CCN1C(=O)O. The summed E-state index contributed by atoms with van der Waals surface area (Å²) in [7, 11) is 0. The number of piperazine rings is 1. The van der Waals surface area contributed by atoms with Gasteiger partial charge in [-0.25, -0.2) is 9.59 Å². The summed E-state index contributed by atoms with van der Waals surface area (Å²) in [5.41, 5.74) is 0. The standard InChI is InChI=1S/C8H12N2O5/c11-4-1-6-5-9(7(12)13)2-3-10(6)8(14)15/h4,6H,1-3,5H2,(H,12,13)(H,14,15)/t6-/m0/s1. The zero-order chi connectivity index (χ0) is 11.4. The Morgan fingerprint density at radius 2 is 1.93 bits per heavy atom. The van der Waals surface area contributed by atoms with Gasteiger partial charge in [0.2, 0.25) is 0 Å². The zero-order valence-corrected chi connectivity index (χ0v) is 8.00. The predicted molar refractivity (Wildman–Crippen MR) is 48.8 cm³/mol. The van der Waals surface area contributed by atoms with Gasteiger partial charge in [0.15, 0.2) is 0 Å². The lowest BCUT2D eigenvalue weighted by atomic mass is 10.1. The first-order chi connectivity index (χ1) is 7.06. The largest absolute Gasteiger partial charge is 0.465 e. The minimum absolute atomic E-state index is 0.0239. The van der Waals surface area contributed by atoms with Gasteiger partial charge in [-0.3, -0.25) is 0 Å². The molecule has 0 spiro atoms. The van der Waals surface area contributed by atoms with E-state index >= 15 is 0 Å². The van der Waals surface area contributed by atoms with Crippen LogP contribution < -0.4 is 0 Å². The van der Waals surface area contributed by atoms with Gasteiger partial charge in [0, 0.05) is 26.1 Å². The number of carboxylic acid groups (broad SMARTS) is 2. The fraction of sp³-hybridized carbons (Fsp3) is 0.625. The van der Waals surface area contributed by atoms with E-state index in [0.29, 0.717) is 6.29 Å². The van der Waals surface area contributed by atoms with Crippen molar-refractivity contribution in [1.82, 2.24) is 9.80 Å². The van der Waals surface area contributed by atoms with Gasteiger partial charge in [-0.15, -0.1) is 0 Å². The first-order valence-corrected chi connectivity index (χ1v) is 4.47. The van der Waals surface area contributed by atoms with Crippen LogP contribution in [0.2, 0.25) is 0 Å². The molecule has 84 valence electrons. The number of hydrogen-bond donors (Lipinski definition) is 2. The van der Waals surface area contributed by atoms with Crippen LogP contribution in [0.5, 0.6) is 0 Å². The van der Waals surface area contributed by atoms with E-state index in [-0.39, 0.29) is 26.1 Å². The Kier molecular flexibility index (Phi) is 3.48. The second kappa shape index (κ2) is 4.63. The quantitative estimate of drug-likeness (QED) is 0.629. The molecule has 1 aliphatic heterocycles. The Hall–Kier alpha value is -1.79. The van der Waals surface area contributed by atoms with Gasteiger partial charge in [-0.1, -0.05) is 0 Å². The highest BCUT2D eigenvalue weighted by molar-refractivity contribution is 5.69. The molecule has 0 aromatic heterocycles. The van der Waals surface area contributed by atoms with Gasteiger partial charge in [0.25, 0.3) is 0 Å². The number of aldehydes is 1. The van der Waals surface area contributed by atoms with E-state index in [2.05, 4.69) is 0 Å². The Labute approximate surface area is 85.9 Å². The summed E-state index contributed by atoms with van der Waals surface area (Å²) >= 11 is 0. The van der Waals surface area contributed by atoms with E-state index in [0.717, 1.165) is 9.80 Å². The van der Waals surface area contributed by atoms with Crippen molar-refractivity contribution >= 4 is 18.5 Å². The average molecular weight is 216 g/mol. The average Bonchev–Trinajstić information content (AvgIpc) is 2.17. The molecule has 1 atom stereocenters. The molecule has 15 heavy (non-hydrogen) atoms. The number of nitrogens with zero attached hydrogens (tertiary/aromatic N) is 2. The lowest BCUT2D eigenvalue weighted by Crippen LogP contribution is -2.56. The number of rotatable bonds is 2. The molecule has 0 saturated carbocycles. The molecule has 1 heterocycles. The molecule has 7 heteroatoms. The maximum absolute atomic E-state index is 10.8. The maximum Gasteiger partial charge on any atom is 0.407 e. The highest BCUT2D eigenvalue weighted by atomic mass is 16.4. The number of carbonyl (C=O) groups excluding carboxylic acids is 1. The molecule has 2 amide bonds. The molecule has 0 radical (unpaired) electrons. The highest BCUT2D eigenvalue weighted by Crippen LogP contribution is 2.12. The third kappa shape index (κ3) is 2.58. The predicted octanol–water partition coefficient (Wildman–Crippen LogP) is -0.0824. The van der Waals surface area contributed by atoms with Crippen molar-refractivity contribution in [2.45, 2.75) is 12.5 Å². The first-order valence-electron chi connectivity index (χ1n) is 4.47. The summed E-state index contributed by atoms with van der Waals surface area (Å²) in [6.07, 6.45) is -1.58. The van der Waals surface area contributed by atoms with E-state index in [1.807, 2.05) is 0 Å². The molecule has 0 bridgehead atoms. The van der Waals surface area contributed by atoms with E-state index in [9.17, 15) is 14.4 Å². The molecule has 1 fully saturated rings. The van der Waals surface area contributed by atoms with Crippen LogP contribution in [0.4, 0.5) is 9.59 Å². The van der Waals surface area contributed by atoms with Crippen molar-refractivity contribution in [3.63, 3.8) is 0 Å². The number of hydrogen-bond acceptors (Lipinski definition) is 3. The van der Waals surface area contributed by atoms with Gasteiger partial charge in [0.1, 0.15) is 6.29 Å². The molecule has 0 aliphatic carbocycles. The van der Waals surface area contributed by atoms with E-state index in [4.69, 9.17) is 10.2 Å². The molecular weight excluding hydrogens is 204 g/mol. The first kappa shape index (κ1) is 11.3. The molecule has 7 nitrogen and oxygen atoms in total. The van der Waals surface area contributed by atoms with Gasteiger partial charge in [-0.2, -0.15) is 0 Å². The Morgan fingerprint density at radius 1 is 1.27 bits per heavy atom. The number of carbonyl (C=O) groups is 3. The van der Waals surface area contributed by atoms with Crippen molar-refractivity contribution in [3.8, 4) is 0 Å². The minimum atomic E-state index is -1.12. The smallest absolute Gasteiger partial charge is 0.407 e. The molecular formula is C8H12N2O5. The van der Waals surface area contributed by atoms with Crippen molar-refractivity contribution in [2.75, 3.05) is 19.6 Å². The third-order valence-electron chi connectivity index (χ3n) is 2.37. The minimum Gasteiger partial charge on any atom is -0.465 e. The maximum atomic E-state index is 10.8. The summed E-state index contributed by atoms with van der Waals surface area (Å²) < 4.78 is 0. The van der Waals surface area contributed by atoms with E-state index in [1.165, 1.54) is 0 Å². The normalized spacial score (nSPS) is 21.2. The monoisotopic (exact) mass is 216 g/mol. The zero-order valence-electron chi connectivity index (χ0n) is 8.00. The summed E-state index contributed by atoms with van der Waals surface area (Å²) in [6, 6.07) is -0.565. The summed E-state index contributed by atoms with van der Waals surface area (Å²) in [4.78, 5) is 34.0. The third-order valence-corrected chi connectivity index (χ3v) is 2.37. The molecule has 0 unspecified atom stereocenters. The van der Waals surface area contributed by atoms with Crippen molar-refractivity contribution < 1.29 is 24.6 Å². The van der Waals surface area contributed by atoms with Gasteiger partial charge >= 0.3 is 12.2 Å². The molecule has 1 rings (SSSR count). The summed E-state index contributed by atoms with van der Waals surface area (Å²) in [6.45, 7) is 0.317. The van der Waals surface area contributed by atoms with Crippen molar-refractivity contribution in [2.24, 2.45) is 0 Å². The molecule has 0 aromatic carbocycles. The highest BCUT2D eigenvalue weighted by Gasteiger charge is 2.31. The second-order valence-corrected chi connectivity index (χ2v) is 3.26. The van der Waals surface area contributed by atoms with Crippen LogP contribution in [0, 0.1) is 0 Å². The van der Waals surface area contributed by atoms with Crippen LogP contribution in [-0.2, 0) is 4.79 Å². The number of amides is 2. The van der Waals surface area contributed by atoms with Crippen molar-refractivity contribution in [1.29, 1.82) is 0 Å². The van der Waals surface area contributed by atoms with Crippen LogP contribution >= 0.6 is 0 Å². The van der Waals surface area contributed by atoms with Crippen LogP contribution in [0.15, 0.2) is 0 Å². The fourth-order valence-corrected chi connectivity index (χ4v) is 1.59. The lowest BCUT2D eigenvalue weighted by Gasteiger charge is -2.37. The molecule has 2 N–H and O–H groups in total. The lowest BCUT2D eigenvalue weighted by molar-refractivity contribution is -0.109. The topological polar surface area (TPSA) is 98.2 Å². The van der Waals surface area contributed by atoms with Crippen LogP contribution in [-0.4, -0.2) is 64.2 Å². The van der Waals surface area contributed by atoms with Crippen molar-refractivity contribution in [3.05, 3.63) is 0 Å². The van der Waals surface area contributed by atoms with Crippen LogP contribution in [0.1, 0.15) is 6.42 Å². The van der Waals surface area contributed by atoms with Gasteiger partial charge in [-0.05, 0) is 0 Å². The van der Waals surface area contributed by atoms with Crippen LogP contribution in [0.3, 0.4) is 0 Å². The van der Waals surface area contributed by atoms with E-state index in [1.54, 1.807) is 0 Å². The molecule has 1 saturated heterocycles. The summed E-state index contributed by atoms with van der Waals surface area (Å²) in [5.74, 6) is 0. The molecule has 0 aromatic rings.